The molecule has 0 spiro atoms. The zero-order chi connectivity index (χ0) is 9.83. The Kier molecular flexibility index (Phi) is 16.4. The number of nitrogens with zero attached hydrogens (tertiary/aromatic N) is 2. The molecule has 0 aromatic rings. The molecular formula is C10H20Cl2N2Sn. The van der Waals surface area contributed by atoms with E-state index in [-0.39, 0.29) is 59.8 Å². The minimum atomic E-state index is 0. The van der Waals surface area contributed by atoms with Crippen LogP contribution >= 0.6 is 0 Å². The fourth-order valence-electron chi connectivity index (χ4n) is 0.514. The first-order valence-electron chi connectivity index (χ1n) is 4.30. The van der Waals surface area contributed by atoms with Crippen LogP contribution in [0, 0.1) is 0 Å². The first kappa shape index (κ1) is 24.8. The summed E-state index contributed by atoms with van der Waals surface area (Å²) in [5.41, 5.74) is 0.00775. The Bertz CT molecular complexity index is 142. The Hall–Kier alpha value is 0.719. The van der Waals surface area contributed by atoms with Gasteiger partial charge in [-0.2, -0.15) is 0 Å². The van der Waals surface area contributed by atoms with Crippen molar-refractivity contribution in [1.29, 1.82) is 0 Å². The van der Waals surface area contributed by atoms with Crippen LogP contribution in [0.4, 0.5) is 0 Å². The van der Waals surface area contributed by atoms with Gasteiger partial charge in [-0.15, -0.1) is 11.1 Å². The van der Waals surface area contributed by atoms with Gasteiger partial charge >= 0.3 is 23.9 Å². The Morgan fingerprint density at radius 1 is 0.667 bits per heavy atom. The third kappa shape index (κ3) is 25.2. The summed E-state index contributed by atoms with van der Waals surface area (Å²) >= 11 is 0. The van der Waals surface area contributed by atoms with Gasteiger partial charge in [0, 0.05) is 0 Å². The first-order chi connectivity index (χ1) is 5.21. The minimum Gasteiger partial charge on any atom is -1.00 e. The van der Waals surface area contributed by atoms with E-state index < -0.39 is 0 Å². The van der Waals surface area contributed by atoms with E-state index >= 15 is 0 Å². The third-order valence-corrected chi connectivity index (χ3v) is 0.990. The molecule has 0 heterocycles. The summed E-state index contributed by atoms with van der Waals surface area (Å²) in [4.78, 5) is 0. The molecule has 0 atom stereocenters. The van der Waals surface area contributed by atoms with E-state index in [2.05, 4.69) is 52.2 Å². The van der Waals surface area contributed by atoms with Crippen molar-refractivity contribution in [3.63, 3.8) is 0 Å². The number of rotatable bonds is 2. The molecule has 0 N–H and O–H groups in total. The molecule has 0 saturated carbocycles. The minimum absolute atomic E-state index is 0. The first-order valence-corrected chi connectivity index (χ1v) is 4.30. The van der Waals surface area contributed by atoms with Crippen molar-refractivity contribution in [2.45, 2.75) is 52.6 Å². The number of hydrogen-bond acceptors (Lipinski definition) is 0. The van der Waals surface area contributed by atoms with Crippen LogP contribution in [0.1, 0.15) is 41.5 Å². The monoisotopic (exact) mass is 358 g/mol. The summed E-state index contributed by atoms with van der Waals surface area (Å²) in [5, 5.41) is 8.57. The molecule has 15 heavy (non-hydrogen) atoms. The second kappa shape index (κ2) is 9.91. The van der Waals surface area contributed by atoms with Crippen molar-refractivity contribution >= 4 is 23.9 Å². The Morgan fingerprint density at radius 3 is 1.00 bits per heavy atom. The summed E-state index contributed by atoms with van der Waals surface area (Å²) in [7, 11) is 0. The Morgan fingerprint density at radius 2 is 0.867 bits per heavy atom. The molecular weight excluding hydrogens is 338 g/mol. The normalized spacial score (nSPS) is 10.8. The summed E-state index contributed by atoms with van der Waals surface area (Å²) in [6.07, 6.45) is 3.54. The summed E-state index contributed by atoms with van der Waals surface area (Å²) in [6.45, 7) is 12.4. The van der Waals surface area contributed by atoms with Crippen LogP contribution in [0.15, 0.2) is 12.4 Å². The van der Waals surface area contributed by atoms with Crippen LogP contribution < -0.4 is 24.8 Å². The maximum atomic E-state index is 4.29. The molecule has 5 heteroatoms. The van der Waals surface area contributed by atoms with Gasteiger partial charge in [0.05, 0.1) is 0 Å². The van der Waals surface area contributed by atoms with E-state index in [1.165, 1.54) is 0 Å². The van der Waals surface area contributed by atoms with Crippen molar-refractivity contribution < 1.29 is 24.8 Å². The van der Waals surface area contributed by atoms with Crippen LogP contribution in [-0.4, -0.2) is 35.0 Å². The molecule has 0 amide bonds. The molecule has 88 valence electrons. The van der Waals surface area contributed by atoms with Gasteiger partial charge in [0.15, 0.2) is 0 Å². The van der Waals surface area contributed by atoms with E-state index in [9.17, 15) is 0 Å². The van der Waals surface area contributed by atoms with Crippen LogP contribution in [0.2, 0.25) is 0 Å². The van der Waals surface area contributed by atoms with Gasteiger partial charge < -0.3 is 35.4 Å². The molecule has 0 aliphatic heterocycles. The topological polar surface area (TPSA) is 28.2 Å². The molecule has 0 saturated heterocycles. The molecule has 0 unspecified atom stereocenters. The predicted molar refractivity (Wildman–Crippen MR) is 61.1 cm³/mol. The van der Waals surface area contributed by atoms with Crippen LogP contribution in [0.5, 0.6) is 0 Å². The summed E-state index contributed by atoms with van der Waals surface area (Å²) in [5.74, 6) is 0. The van der Waals surface area contributed by atoms with Crippen molar-refractivity contribution in [2.24, 2.45) is 0 Å². The van der Waals surface area contributed by atoms with Crippen LogP contribution in [0.3, 0.4) is 0 Å². The number of hydrogen-bond donors (Lipinski definition) is 0. The van der Waals surface area contributed by atoms with Crippen molar-refractivity contribution in [3.8, 4) is 0 Å². The molecule has 0 bridgehead atoms. The maximum Gasteiger partial charge on any atom is 4.00 e. The second-order valence-corrected chi connectivity index (χ2v) is 4.90. The standard InChI is InChI=1S/C10H20N2.2ClH.Sn/c1-9(2,3)11-7-8-12-10(4,5)6;;;/h7-8H,1-6H3;2*1H;/q-2;;;+4/p-2/b8-7-;;;. The van der Waals surface area contributed by atoms with E-state index in [1.54, 1.807) is 12.4 Å². The fraction of sp³-hybridized carbons (Fsp3) is 0.800. The van der Waals surface area contributed by atoms with Gasteiger partial charge in [-0.3, -0.25) is 0 Å². The van der Waals surface area contributed by atoms with E-state index in [0.717, 1.165) is 0 Å². The smallest absolute Gasteiger partial charge is 1.00 e. The summed E-state index contributed by atoms with van der Waals surface area (Å²) < 4.78 is 0. The Balaban J connectivity index is -0.000000202. The fourth-order valence-corrected chi connectivity index (χ4v) is 0.514. The van der Waals surface area contributed by atoms with Gasteiger partial charge in [0.25, 0.3) is 0 Å². The van der Waals surface area contributed by atoms with Gasteiger partial charge in [-0.1, -0.05) is 41.5 Å². The van der Waals surface area contributed by atoms with Crippen molar-refractivity contribution in [1.82, 2.24) is 0 Å². The van der Waals surface area contributed by atoms with Gasteiger partial charge in [0.2, 0.25) is 0 Å². The van der Waals surface area contributed by atoms with Crippen molar-refractivity contribution in [3.05, 3.63) is 23.0 Å². The zero-order valence-corrected chi connectivity index (χ0v) is 14.7. The van der Waals surface area contributed by atoms with E-state index in [0.29, 0.717) is 0 Å². The van der Waals surface area contributed by atoms with Gasteiger partial charge in [-0.25, -0.2) is 12.4 Å². The predicted octanol–water partition coefficient (Wildman–Crippen LogP) is -2.57. The summed E-state index contributed by atoms with van der Waals surface area (Å²) in [6, 6.07) is 0. The number of halogens is 2. The van der Waals surface area contributed by atoms with Gasteiger partial charge in [-0.05, 0) is 0 Å². The Labute approximate surface area is 124 Å². The molecule has 0 aliphatic rings. The SMILES string of the molecule is CC(C)(C)[N-]/C=C\[N-]C(C)(C)C.[Cl-].[Cl-].[Sn+4]. The largest absolute Gasteiger partial charge is 4.00 e. The quantitative estimate of drug-likeness (QED) is 0.486. The molecule has 0 aromatic carbocycles. The van der Waals surface area contributed by atoms with Crippen LogP contribution in [-0.2, 0) is 0 Å². The van der Waals surface area contributed by atoms with E-state index in [1.807, 2.05) is 0 Å². The van der Waals surface area contributed by atoms with E-state index in [4.69, 9.17) is 0 Å². The maximum absolute atomic E-state index is 4.29. The zero-order valence-electron chi connectivity index (χ0n) is 10.3. The second-order valence-electron chi connectivity index (χ2n) is 4.90. The van der Waals surface area contributed by atoms with Gasteiger partial charge in [0.1, 0.15) is 0 Å². The molecule has 0 radical (unpaired) electrons. The molecule has 0 aliphatic carbocycles. The molecule has 0 aromatic heterocycles. The average Bonchev–Trinajstić information content (AvgIpc) is 1.76. The molecule has 0 fully saturated rings. The molecule has 0 rings (SSSR count). The third-order valence-electron chi connectivity index (χ3n) is 0.990. The average molecular weight is 358 g/mol. The molecule has 2 nitrogen and oxygen atoms in total. The van der Waals surface area contributed by atoms with Crippen molar-refractivity contribution in [2.75, 3.05) is 0 Å². The van der Waals surface area contributed by atoms with Crippen LogP contribution in [0.25, 0.3) is 10.6 Å².